The van der Waals surface area contributed by atoms with Crippen LogP contribution in [0.5, 0.6) is 5.75 Å². The fourth-order valence-electron chi connectivity index (χ4n) is 1.78. The highest BCUT2D eigenvalue weighted by Gasteiger charge is 2.10. The van der Waals surface area contributed by atoms with Crippen LogP contribution in [-0.2, 0) is 14.3 Å². The van der Waals surface area contributed by atoms with Gasteiger partial charge in [-0.05, 0) is 35.9 Å². The SMILES string of the molecule is O=C(C=Cc1ccc(O)cc1)OC(=O)CNC(=O)c1ccccc1. The summed E-state index contributed by atoms with van der Waals surface area (Å²) in [7, 11) is 0. The molecule has 2 aromatic rings. The third-order valence-corrected chi connectivity index (χ3v) is 2.95. The van der Waals surface area contributed by atoms with E-state index in [1.807, 2.05) is 0 Å². The Morgan fingerprint density at radius 1 is 1.00 bits per heavy atom. The first-order valence-electron chi connectivity index (χ1n) is 7.09. The van der Waals surface area contributed by atoms with Crippen LogP contribution in [0.1, 0.15) is 15.9 Å². The molecule has 2 aromatic carbocycles. The molecular weight excluding hydrogens is 310 g/mol. The number of carbonyl (C=O) groups is 3. The van der Waals surface area contributed by atoms with E-state index in [9.17, 15) is 14.4 Å². The number of benzene rings is 2. The second-order valence-corrected chi connectivity index (χ2v) is 4.77. The Bertz CT molecular complexity index is 751. The van der Waals surface area contributed by atoms with Gasteiger partial charge in [-0.3, -0.25) is 4.79 Å². The number of amides is 1. The van der Waals surface area contributed by atoms with Gasteiger partial charge in [-0.1, -0.05) is 30.3 Å². The first kappa shape index (κ1) is 17.0. The molecule has 0 bridgehead atoms. The minimum atomic E-state index is -0.861. The predicted molar refractivity (Wildman–Crippen MR) is 87.0 cm³/mol. The van der Waals surface area contributed by atoms with Crippen LogP contribution in [0.3, 0.4) is 0 Å². The standard InChI is InChI=1S/C18H15NO5/c20-15-9-6-13(7-10-15)8-11-16(21)24-17(22)12-19-18(23)14-4-2-1-3-5-14/h1-11,20H,12H2,(H,19,23). The second-order valence-electron chi connectivity index (χ2n) is 4.77. The first-order valence-corrected chi connectivity index (χ1v) is 7.09. The van der Waals surface area contributed by atoms with E-state index < -0.39 is 24.4 Å². The van der Waals surface area contributed by atoms with Crippen molar-refractivity contribution in [2.45, 2.75) is 0 Å². The average Bonchev–Trinajstić information content (AvgIpc) is 2.60. The number of rotatable bonds is 5. The van der Waals surface area contributed by atoms with Crippen LogP contribution >= 0.6 is 0 Å². The summed E-state index contributed by atoms with van der Waals surface area (Å²) in [6.07, 6.45) is 2.53. The van der Waals surface area contributed by atoms with E-state index in [0.29, 0.717) is 11.1 Å². The first-order chi connectivity index (χ1) is 11.5. The van der Waals surface area contributed by atoms with Gasteiger partial charge in [0.25, 0.3) is 5.91 Å². The van der Waals surface area contributed by atoms with E-state index in [1.165, 1.54) is 18.2 Å². The summed E-state index contributed by atoms with van der Waals surface area (Å²) in [5.41, 5.74) is 1.07. The average molecular weight is 325 g/mol. The lowest BCUT2D eigenvalue weighted by Crippen LogP contribution is -2.31. The number of hydrogen-bond donors (Lipinski definition) is 2. The molecule has 0 aliphatic rings. The normalized spacial score (nSPS) is 10.3. The molecule has 0 fully saturated rings. The minimum Gasteiger partial charge on any atom is -0.508 e. The van der Waals surface area contributed by atoms with E-state index in [1.54, 1.807) is 42.5 Å². The van der Waals surface area contributed by atoms with Crippen molar-refractivity contribution in [1.82, 2.24) is 5.32 Å². The van der Waals surface area contributed by atoms with Crippen LogP contribution in [0.2, 0.25) is 0 Å². The highest BCUT2D eigenvalue weighted by molar-refractivity contribution is 5.98. The molecule has 2 rings (SSSR count). The summed E-state index contributed by atoms with van der Waals surface area (Å²) < 4.78 is 4.55. The Labute approximate surface area is 138 Å². The molecule has 122 valence electrons. The molecule has 0 atom stereocenters. The molecule has 0 unspecified atom stereocenters. The van der Waals surface area contributed by atoms with Gasteiger partial charge >= 0.3 is 11.9 Å². The molecule has 24 heavy (non-hydrogen) atoms. The second kappa shape index (κ2) is 8.28. The fourth-order valence-corrected chi connectivity index (χ4v) is 1.78. The van der Waals surface area contributed by atoms with Gasteiger partial charge in [-0.25, -0.2) is 9.59 Å². The summed E-state index contributed by atoms with van der Waals surface area (Å²) in [5.74, 6) is -2.03. The number of nitrogens with one attached hydrogen (secondary N) is 1. The third-order valence-electron chi connectivity index (χ3n) is 2.95. The molecule has 6 nitrogen and oxygen atoms in total. The molecule has 1 amide bonds. The van der Waals surface area contributed by atoms with Gasteiger partial charge in [0.05, 0.1) is 0 Å². The van der Waals surface area contributed by atoms with Crippen molar-refractivity contribution in [2.75, 3.05) is 6.54 Å². The Hall–Kier alpha value is -3.41. The van der Waals surface area contributed by atoms with Crippen molar-refractivity contribution in [3.05, 3.63) is 71.8 Å². The van der Waals surface area contributed by atoms with Crippen LogP contribution in [0.15, 0.2) is 60.7 Å². The molecular formula is C18H15NO5. The number of aromatic hydroxyl groups is 1. The Morgan fingerprint density at radius 2 is 1.67 bits per heavy atom. The van der Waals surface area contributed by atoms with Crippen molar-refractivity contribution in [3.63, 3.8) is 0 Å². The van der Waals surface area contributed by atoms with Gasteiger partial charge < -0.3 is 15.2 Å². The maximum Gasteiger partial charge on any atom is 0.338 e. The van der Waals surface area contributed by atoms with E-state index in [4.69, 9.17) is 5.11 Å². The van der Waals surface area contributed by atoms with Crippen LogP contribution in [0, 0.1) is 0 Å². The molecule has 0 aliphatic carbocycles. The number of phenolic OH excluding ortho intramolecular Hbond substituents is 1. The van der Waals surface area contributed by atoms with Crippen LogP contribution < -0.4 is 5.32 Å². The van der Waals surface area contributed by atoms with Crippen molar-refractivity contribution in [3.8, 4) is 5.75 Å². The molecule has 0 saturated heterocycles. The van der Waals surface area contributed by atoms with Crippen molar-refractivity contribution in [1.29, 1.82) is 0 Å². The Kier molecular flexibility index (Phi) is 5.85. The lowest BCUT2D eigenvalue weighted by molar-refractivity contribution is -0.155. The quantitative estimate of drug-likeness (QED) is 0.498. The largest absolute Gasteiger partial charge is 0.508 e. The topological polar surface area (TPSA) is 92.7 Å². The lowest BCUT2D eigenvalue weighted by atomic mass is 10.2. The molecule has 0 aromatic heterocycles. The zero-order chi connectivity index (χ0) is 17.4. The number of esters is 2. The van der Waals surface area contributed by atoms with Crippen LogP contribution in [0.4, 0.5) is 0 Å². The molecule has 0 radical (unpaired) electrons. The number of ether oxygens (including phenoxy) is 1. The molecule has 2 N–H and O–H groups in total. The fraction of sp³-hybridized carbons (Fsp3) is 0.0556. The zero-order valence-electron chi connectivity index (χ0n) is 12.6. The number of carbonyl (C=O) groups excluding carboxylic acids is 3. The Balaban J connectivity index is 1.78. The molecule has 0 heterocycles. The summed E-state index contributed by atoms with van der Waals surface area (Å²) in [6, 6.07) is 14.5. The van der Waals surface area contributed by atoms with Gasteiger partial charge in [-0.2, -0.15) is 0 Å². The molecule has 0 saturated carbocycles. The maximum absolute atomic E-state index is 11.7. The van der Waals surface area contributed by atoms with Gasteiger partial charge in [0.1, 0.15) is 12.3 Å². The lowest BCUT2D eigenvalue weighted by Gasteiger charge is -2.04. The third kappa shape index (κ3) is 5.42. The molecule has 0 spiro atoms. The highest BCUT2D eigenvalue weighted by atomic mass is 16.6. The monoisotopic (exact) mass is 325 g/mol. The van der Waals surface area contributed by atoms with Gasteiger partial charge in [0.2, 0.25) is 0 Å². The van der Waals surface area contributed by atoms with Crippen molar-refractivity contribution >= 4 is 23.9 Å². The highest BCUT2D eigenvalue weighted by Crippen LogP contribution is 2.10. The number of phenols is 1. The van der Waals surface area contributed by atoms with Gasteiger partial charge in [0, 0.05) is 11.6 Å². The molecule has 6 heteroatoms. The zero-order valence-corrected chi connectivity index (χ0v) is 12.6. The summed E-state index contributed by atoms with van der Waals surface area (Å²) >= 11 is 0. The summed E-state index contributed by atoms with van der Waals surface area (Å²) in [6.45, 7) is -0.410. The van der Waals surface area contributed by atoms with E-state index in [2.05, 4.69) is 10.1 Å². The van der Waals surface area contributed by atoms with E-state index >= 15 is 0 Å². The predicted octanol–water partition coefficient (Wildman–Crippen LogP) is 1.91. The van der Waals surface area contributed by atoms with Crippen LogP contribution in [0.25, 0.3) is 6.08 Å². The summed E-state index contributed by atoms with van der Waals surface area (Å²) in [5, 5.41) is 11.5. The van der Waals surface area contributed by atoms with E-state index in [-0.39, 0.29) is 5.75 Å². The van der Waals surface area contributed by atoms with E-state index in [0.717, 1.165) is 6.08 Å². The van der Waals surface area contributed by atoms with Gasteiger partial charge in [-0.15, -0.1) is 0 Å². The smallest absolute Gasteiger partial charge is 0.338 e. The van der Waals surface area contributed by atoms with Crippen molar-refractivity contribution < 1.29 is 24.2 Å². The Morgan fingerprint density at radius 3 is 2.33 bits per heavy atom. The maximum atomic E-state index is 11.7. The number of hydrogen-bond acceptors (Lipinski definition) is 5. The minimum absolute atomic E-state index is 0.110. The van der Waals surface area contributed by atoms with Crippen molar-refractivity contribution in [2.24, 2.45) is 0 Å². The molecule has 0 aliphatic heterocycles. The summed E-state index contributed by atoms with van der Waals surface area (Å²) in [4.78, 5) is 34.8. The van der Waals surface area contributed by atoms with Gasteiger partial charge in [0.15, 0.2) is 0 Å². The van der Waals surface area contributed by atoms with Crippen LogP contribution in [-0.4, -0.2) is 29.5 Å².